The molecule has 0 heterocycles. The first-order valence-corrected chi connectivity index (χ1v) is 4.57. The van der Waals surface area contributed by atoms with E-state index in [0.717, 1.165) is 11.1 Å². The van der Waals surface area contributed by atoms with Gasteiger partial charge in [-0.05, 0) is 36.1 Å². The Hall–Kier alpha value is -1.11. The van der Waals surface area contributed by atoms with E-state index >= 15 is 0 Å². The maximum atomic E-state index is 13.2. The van der Waals surface area contributed by atoms with Crippen LogP contribution in [0.3, 0.4) is 0 Å². The highest BCUT2D eigenvalue weighted by molar-refractivity contribution is 5.50. The molecule has 0 saturated carbocycles. The summed E-state index contributed by atoms with van der Waals surface area (Å²) in [6.45, 7) is 5.95. The third-order valence-corrected chi connectivity index (χ3v) is 2.00. The largest absolute Gasteiger partial charge is 0.207 e. The van der Waals surface area contributed by atoms with Gasteiger partial charge in [0.2, 0.25) is 0 Å². The average Bonchev–Trinajstić information content (AvgIpc) is 2.08. The van der Waals surface area contributed by atoms with E-state index in [-0.39, 0.29) is 11.7 Å². The number of hydrogen-bond donors (Lipinski definition) is 0. The van der Waals surface area contributed by atoms with E-state index in [1.165, 1.54) is 6.07 Å². The molecule has 0 aliphatic carbocycles. The molecule has 0 aliphatic heterocycles. The molecule has 0 saturated heterocycles. The Bertz CT molecular complexity index is 311. The minimum absolute atomic E-state index is 0.108. The molecule has 1 heteroatoms. The lowest BCUT2D eigenvalue weighted by molar-refractivity contribution is 0.598. The first kappa shape index (κ1) is 9.97. The van der Waals surface area contributed by atoms with Crippen molar-refractivity contribution in [1.82, 2.24) is 0 Å². The van der Waals surface area contributed by atoms with E-state index in [9.17, 15) is 4.39 Å². The lowest BCUT2D eigenvalue weighted by Gasteiger charge is -2.07. The van der Waals surface area contributed by atoms with Crippen molar-refractivity contribution in [2.24, 2.45) is 0 Å². The van der Waals surface area contributed by atoms with Crippen molar-refractivity contribution in [2.45, 2.75) is 26.7 Å². The van der Waals surface area contributed by atoms with Gasteiger partial charge in [0.1, 0.15) is 5.82 Å². The fraction of sp³-hybridized carbons (Fsp3) is 0.333. The second-order valence-electron chi connectivity index (χ2n) is 3.44. The Morgan fingerprint density at radius 2 is 2.00 bits per heavy atom. The van der Waals surface area contributed by atoms with Crippen molar-refractivity contribution in [3.63, 3.8) is 0 Å². The Morgan fingerprint density at radius 3 is 2.54 bits per heavy atom. The van der Waals surface area contributed by atoms with E-state index in [1.54, 1.807) is 6.07 Å². The quantitative estimate of drug-likeness (QED) is 0.642. The van der Waals surface area contributed by atoms with Crippen molar-refractivity contribution in [2.75, 3.05) is 0 Å². The Morgan fingerprint density at radius 1 is 1.31 bits per heavy atom. The van der Waals surface area contributed by atoms with E-state index < -0.39 is 0 Å². The van der Waals surface area contributed by atoms with Gasteiger partial charge in [0, 0.05) is 0 Å². The van der Waals surface area contributed by atoms with Crippen LogP contribution in [0.4, 0.5) is 4.39 Å². The minimum Gasteiger partial charge on any atom is -0.207 e. The van der Waals surface area contributed by atoms with Crippen LogP contribution in [0.2, 0.25) is 0 Å². The third-order valence-electron chi connectivity index (χ3n) is 2.00. The second-order valence-corrected chi connectivity index (χ2v) is 3.44. The van der Waals surface area contributed by atoms with E-state index in [4.69, 9.17) is 0 Å². The van der Waals surface area contributed by atoms with Gasteiger partial charge in [-0.25, -0.2) is 4.39 Å². The molecule has 0 amide bonds. The molecule has 0 radical (unpaired) electrons. The average molecular weight is 178 g/mol. The summed E-state index contributed by atoms with van der Waals surface area (Å²) in [5, 5.41) is 0. The monoisotopic (exact) mass is 178 g/mol. The second kappa shape index (κ2) is 4.22. The van der Waals surface area contributed by atoms with E-state index in [0.29, 0.717) is 0 Å². The van der Waals surface area contributed by atoms with Gasteiger partial charge in [0.25, 0.3) is 0 Å². The smallest absolute Gasteiger partial charge is 0.126 e. The summed E-state index contributed by atoms with van der Waals surface area (Å²) < 4.78 is 13.2. The molecular weight excluding hydrogens is 163 g/mol. The first-order valence-electron chi connectivity index (χ1n) is 4.57. The molecule has 0 spiro atoms. The summed E-state index contributed by atoms with van der Waals surface area (Å²) in [5.74, 6) is 0.133. The fourth-order valence-corrected chi connectivity index (χ4v) is 1.30. The van der Waals surface area contributed by atoms with Gasteiger partial charge in [-0.2, -0.15) is 0 Å². The lowest BCUT2D eigenvalue weighted by Crippen LogP contribution is -1.93. The van der Waals surface area contributed by atoms with E-state index in [2.05, 4.69) is 0 Å². The summed E-state index contributed by atoms with van der Waals surface area (Å²) in [5.41, 5.74) is 1.85. The molecule has 0 unspecified atom stereocenters. The number of hydrogen-bond acceptors (Lipinski definition) is 0. The van der Waals surface area contributed by atoms with Crippen LogP contribution in [0.15, 0.2) is 24.3 Å². The summed E-state index contributed by atoms with van der Waals surface area (Å²) in [6.07, 6.45) is 3.93. The first-order chi connectivity index (χ1) is 6.15. The van der Waals surface area contributed by atoms with Gasteiger partial charge < -0.3 is 0 Å². The summed E-state index contributed by atoms with van der Waals surface area (Å²) in [7, 11) is 0. The summed E-state index contributed by atoms with van der Waals surface area (Å²) >= 11 is 0. The zero-order valence-electron chi connectivity index (χ0n) is 8.34. The van der Waals surface area contributed by atoms with Crippen molar-refractivity contribution in [3.8, 4) is 0 Å². The van der Waals surface area contributed by atoms with Gasteiger partial charge in [-0.15, -0.1) is 0 Å². The number of halogens is 1. The van der Waals surface area contributed by atoms with Crippen LogP contribution in [-0.4, -0.2) is 0 Å². The molecule has 1 aromatic carbocycles. The van der Waals surface area contributed by atoms with Crippen molar-refractivity contribution in [3.05, 3.63) is 41.2 Å². The van der Waals surface area contributed by atoms with Gasteiger partial charge in [-0.3, -0.25) is 0 Å². The highest BCUT2D eigenvalue weighted by Crippen LogP contribution is 2.20. The molecule has 0 atom stereocenters. The molecule has 0 N–H and O–H groups in total. The van der Waals surface area contributed by atoms with Crippen LogP contribution in [-0.2, 0) is 0 Å². The highest BCUT2D eigenvalue weighted by Gasteiger charge is 2.05. The van der Waals surface area contributed by atoms with Crippen molar-refractivity contribution >= 4 is 6.08 Å². The SMILES string of the molecule is C/C=C\c1ccc(F)c(C(C)C)c1. The van der Waals surface area contributed by atoms with Crippen molar-refractivity contribution in [1.29, 1.82) is 0 Å². The molecule has 0 nitrogen and oxygen atoms in total. The van der Waals surface area contributed by atoms with Crippen LogP contribution in [0, 0.1) is 5.82 Å². The topological polar surface area (TPSA) is 0 Å². The number of benzene rings is 1. The van der Waals surface area contributed by atoms with Gasteiger partial charge >= 0.3 is 0 Å². The van der Waals surface area contributed by atoms with Crippen LogP contribution in [0.25, 0.3) is 6.08 Å². The lowest BCUT2D eigenvalue weighted by atomic mass is 10.00. The molecular formula is C12H15F. The molecule has 0 fully saturated rings. The van der Waals surface area contributed by atoms with Crippen LogP contribution >= 0.6 is 0 Å². The Labute approximate surface area is 79.1 Å². The molecule has 1 rings (SSSR count). The number of allylic oxidation sites excluding steroid dienone is 1. The summed E-state index contributed by atoms with van der Waals surface area (Å²) in [4.78, 5) is 0. The molecule has 1 aromatic rings. The summed E-state index contributed by atoms with van der Waals surface area (Å²) in [6, 6.07) is 5.23. The predicted molar refractivity (Wildman–Crippen MR) is 55.2 cm³/mol. The molecule has 0 aliphatic rings. The van der Waals surface area contributed by atoms with Gasteiger partial charge in [0.05, 0.1) is 0 Å². The maximum absolute atomic E-state index is 13.2. The standard InChI is InChI=1S/C12H15F/c1-4-5-10-6-7-12(13)11(8-10)9(2)3/h4-9H,1-3H3/b5-4-. The fourth-order valence-electron chi connectivity index (χ4n) is 1.30. The van der Waals surface area contributed by atoms with Crippen LogP contribution < -0.4 is 0 Å². The number of rotatable bonds is 2. The molecule has 0 bridgehead atoms. The Balaban J connectivity index is 3.11. The predicted octanol–water partition coefficient (Wildman–Crippen LogP) is 3.98. The minimum atomic E-state index is -0.108. The van der Waals surface area contributed by atoms with Crippen LogP contribution in [0.1, 0.15) is 37.8 Å². The van der Waals surface area contributed by atoms with E-state index in [1.807, 2.05) is 39.0 Å². The van der Waals surface area contributed by atoms with Gasteiger partial charge in [0.15, 0.2) is 0 Å². The Kier molecular flexibility index (Phi) is 3.24. The zero-order valence-corrected chi connectivity index (χ0v) is 8.34. The molecule has 13 heavy (non-hydrogen) atoms. The zero-order chi connectivity index (χ0) is 9.84. The highest BCUT2D eigenvalue weighted by atomic mass is 19.1. The van der Waals surface area contributed by atoms with Gasteiger partial charge in [-0.1, -0.05) is 32.1 Å². The molecule has 0 aromatic heterocycles. The molecule has 70 valence electrons. The van der Waals surface area contributed by atoms with Crippen LogP contribution in [0.5, 0.6) is 0 Å². The normalized spacial score (nSPS) is 11.5. The third kappa shape index (κ3) is 2.41. The maximum Gasteiger partial charge on any atom is 0.126 e. The van der Waals surface area contributed by atoms with Crippen molar-refractivity contribution < 1.29 is 4.39 Å².